The van der Waals surface area contributed by atoms with Gasteiger partial charge in [-0.3, -0.25) is 9.59 Å². The summed E-state index contributed by atoms with van der Waals surface area (Å²) in [5.41, 5.74) is 3.18. The Morgan fingerprint density at radius 3 is 2.14 bits per heavy atom. The Balaban J connectivity index is 1.32. The van der Waals surface area contributed by atoms with Gasteiger partial charge in [0.25, 0.3) is 5.91 Å². The zero-order valence-electron chi connectivity index (χ0n) is 21.2. The number of carbonyl (C=O) groups is 3. The fourth-order valence-corrected chi connectivity index (χ4v) is 4.02. The topological polar surface area (TPSA) is 70.2 Å². The Hall–Kier alpha value is -4.39. The third-order valence-corrected chi connectivity index (χ3v) is 6.41. The average molecular weight is 498 g/mol. The maximum atomic E-state index is 13.0. The van der Waals surface area contributed by atoms with Crippen LogP contribution in [0.25, 0.3) is 11.1 Å². The van der Waals surface area contributed by atoms with Gasteiger partial charge in [-0.05, 0) is 42.3 Å². The number of nitrogens with zero attached hydrogens (tertiary/aromatic N) is 3. The first-order valence-corrected chi connectivity index (χ1v) is 12.4. The molecule has 7 nitrogen and oxygen atoms in total. The van der Waals surface area contributed by atoms with Crippen LogP contribution in [0.15, 0.2) is 91.1 Å². The summed E-state index contributed by atoms with van der Waals surface area (Å²) in [6.45, 7) is 4.72. The van der Waals surface area contributed by atoms with E-state index in [4.69, 9.17) is 4.74 Å². The Morgan fingerprint density at radius 1 is 0.838 bits per heavy atom. The largest absolute Gasteiger partial charge is 0.414 e. The molecule has 0 aliphatic carbocycles. The van der Waals surface area contributed by atoms with Crippen molar-refractivity contribution in [2.24, 2.45) is 0 Å². The Labute approximate surface area is 217 Å². The fraction of sp³-hybridized carbons (Fsp3) is 0.233. The van der Waals surface area contributed by atoms with Crippen LogP contribution in [-0.4, -0.2) is 72.3 Å². The number of rotatable bonds is 7. The van der Waals surface area contributed by atoms with Crippen molar-refractivity contribution in [3.05, 3.63) is 102 Å². The van der Waals surface area contributed by atoms with E-state index in [1.165, 1.54) is 11.0 Å². The van der Waals surface area contributed by atoms with Gasteiger partial charge in [-0.2, -0.15) is 0 Å². The highest BCUT2D eigenvalue weighted by Gasteiger charge is 2.21. The molecule has 0 radical (unpaired) electrons. The van der Waals surface area contributed by atoms with E-state index in [1.54, 1.807) is 37.5 Å². The van der Waals surface area contributed by atoms with E-state index < -0.39 is 6.09 Å². The third-order valence-electron chi connectivity index (χ3n) is 6.41. The number of allylic oxidation sites excluding steroid dienone is 1. The molecule has 0 unspecified atom stereocenters. The van der Waals surface area contributed by atoms with Gasteiger partial charge >= 0.3 is 6.09 Å². The summed E-state index contributed by atoms with van der Waals surface area (Å²) >= 11 is 0. The van der Waals surface area contributed by atoms with E-state index in [1.807, 2.05) is 71.3 Å². The van der Waals surface area contributed by atoms with Crippen LogP contribution in [0.5, 0.6) is 5.75 Å². The Kier molecular flexibility index (Phi) is 8.36. The molecule has 0 atom stereocenters. The van der Waals surface area contributed by atoms with E-state index in [0.717, 1.165) is 11.1 Å². The number of ketones is 1. The van der Waals surface area contributed by atoms with Gasteiger partial charge in [0.05, 0.1) is 5.56 Å². The van der Waals surface area contributed by atoms with Crippen molar-refractivity contribution in [1.29, 1.82) is 0 Å². The van der Waals surface area contributed by atoms with E-state index in [9.17, 15) is 14.4 Å². The van der Waals surface area contributed by atoms with E-state index in [0.29, 0.717) is 43.9 Å². The molecule has 37 heavy (non-hydrogen) atoms. The summed E-state index contributed by atoms with van der Waals surface area (Å²) < 4.78 is 5.40. The van der Waals surface area contributed by atoms with Crippen molar-refractivity contribution in [3.63, 3.8) is 0 Å². The molecule has 0 N–H and O–H groups in total. The monoisotopic (exact) mass is 497 g/mol. The van der Waals surface area contributed by atoms with Crippen LogP contribution >= 0.6 is 0 Å². The lowest BCUT2D eigenvalue weighted by Gasteiger charge is -2.34. The molecule has 1 fully saturated rings. The highest BCUT2D eigenvalue weighted by molar-refractivity contribution is 6.06. The molecule has 0 saturated carbocycles. The second-order valence-corrected chi connectivity index (χ2v) is 8.83. The van der Waals surface area contributed by atoms with Gasteiger partial charge in [-0.1, -0.05) is 54.6 Å². The number of ether oxygens (including phenoxy) is 1. The molecule has 190 valence electrons. The molecule has 3 aromatic carbocycles. The molecule has 1 saturated heterocycles. The second kappa shape index (κ2) is 12.0. The standard InChI is InChI=1S/C30H31N3O4/c1-3-31(2)30(36)37-28-12-8-7-11-26(28)27(34)17-18-32-19-21-33(22-20-32)29(35)25-15-13-24(14-16-25)23-9-5-4-6-10-23/h4-18H,3,19-22H2,1-2H3. The fourth-order valence-electron chi connectivity index (χ4n) is 4.02. The molecule has 1 aliphatic heterocycles. The van der Waals surface area contributed by atoms with Crippen molar-refractivity contribution < 1.29 is 19.1 Å². The summed E-state index contributed by atoms with van der Waals surface area (Å²) in [5.74, 6) is -0.0113. The lowest BCUT2D eigenvalue weighted by molar-refractivity contribution is 0.0678. The number of para-hydroxylation sites is 1. The zero-order chi connectivity index (χ0) is 26.2. The number of amides is 2. The van der Waals surface area contributed by atoms with Crippen molar-refractivity contribution in [3.8, 4) is 16.9 Å². The predicted molar refractivity (Wildman–Crippen MR) is 144 cm³/mol. The zero-order valence-corrected chi connectivity index (χ0v) is 21.2. The summed E-state index contributed by atoms with van der Waals surface area (Å²) in [5, 5.41) is 0. The van der Waals surface area contributed by atoms with Gasteiger partial charge in [0.15, 0.2) is 5.78 Å². The second-order valence-electron chi connectivity index (χ2n) is 8.83. The van der Waals surface area contributed by atoms with Gasteiger partial charge in [0.1, 0.15) is 5.75 Å². The summed E-state index contributed by atoms with van der Waals surface area (Å²) in [6, 6.07) is 24.5. The minimum absolute atomic E-state index is 0.00658. The van der Waals surface area contributed by atoms with E-state index in [2.05, 4.69) is 0 Å². The molecule has 4 rings (SSSR count). The first-order valence-electron chi connectivity index (χ1n) is 12.4. The molecular formula is C30H31N3O4. The highest BCUT2D eigenvalue weighted by atomic mass is 16.6. The molecule has 2 amide bonds. The van der Waals surface area contributed by atoms with Crippen LogP contribution in [0.1, 0.15) is 27.6 Å². The Morgan fingerprint density at radius 2 is 1.46 bits per heavy atom. The highest BCUT2D eigenvalue weighted by Crippen LogP contribution is 2.21. The normalized spacial score (nSPS) is 13.5. The molecule has 0 aromatic heterocycles. The van der Waals surface area contributed by atoms with Gasteiger partial charge in [0.2, 0.25) is 0 Å². The van der Waals surface area contributed by atoms with Crippen LogP contribution < -0.4 is 4.74 Å². The third kappa shape index (κ3) is 6.44. The quantitative estimate of drug-likeness (QED) is 0.341. The minimum atomic E-state index is -0.512. The Bertz CT molecular complexity index is 1260. The first-order chi connectivity index (χ1) is 18.0. The molecule has 3 aromatic rings. The first kappa shape index (κ1) is 25.7. The molecule has 7 heteroatoms. The van der Waals surface area contributed by atoms with Crippen LogP contribution in [0.2, 0.25) is 0 Å². The number of carbonyl (C=O) groups excluding carboxylic acids is 3. The number of benzene rings is 3. The number of hydrogen-bond donors (Lipinski definition) is 0. The van der Waals surface area contributed by atoms with Crippen LogP contribution in [0.4, 0.5) is 4.79 Å². The SMILES string of the molecule is CCN(C)C(=O)Oc1ccccc1C(=O)C=CN1CCN(C(=O)c2ccc(-c3ccccc3)cc2)CC1. The lowest BCUT2D eigenvalue weighted by Crippen LogP contribution is -2.46. The minimum Gasteiger partial charge on any atom is -0.409 e. The maximum Gasteiger partial charge on any atom is 0.414 e. The van der Waals surface area contributed by atoms with E-state index >= 15 is 0 Å². The molecule has 0 spiro atoms. The summed E-state index contributed by atoms with van der Waals surface area (Å²) in [4.78, 5) is 43.2. The van der Waals surface area contributed by atoms with Crippen LogP contribution in [0.3, 0.4) is 0 Å². The average Bonchev–Trinajstić information content (AvgIpc) is 2.96. The number of piperazine rings is 1. The van der Waals surface area contributed by atoms with E-state index in [-0.39, 0.29) is 17.4 Å². The van der Waals surface area contributed by atoms with Gasteiger partial charge < -0.3 is 19.4 Å². The lowest BCUT2D eigenvalue weighted by atomic mass is 10.0. The van der Waals surface area contributed by atoms with Gasteiger partial charge in [-0.25, -0.2) is 4.79 Å². The van der Waals surface area contributed by atoms with Crippen molar-refractivity contribution >= 4 is 17.8 Å². The maximum absolute atomic E-state index is 13.0. The predicted octanol–water partition coefficient (Wildman–Crippen LogP) is 4.96. The molecule has 0 bridgehead atoms. The summed E-state index contributed by atoms with van der Waals surface area (Å²) in [6.07, 6.45) is 2.72. The van der Waals surface area contributed by atoms with Crippen LogP contribution in [-0.2, 0) is 0 Å². The van der Waals surface area contributed by atoms with Crippen LogP contribution in [0, 0.1) is 0 Å². The van der Waals surface area contributed by atoms with Gasteiger partial charge in [-0.15, -0.1) is 0 Å². The molecule has 1 heterocycles. The molecular weight excluding hydrogens is 466 g/mol. The summed E-state index contributed by atoms with van der Waals surface area (Å²) in [7, 11) is 1.64. The smallest absolute Gasteiger partial charge is 0.409 e. The van der Waals surface area contributed by atoms with Crippen molar-refractivity contribution in [2.75, 3.05) is 39.8 Å². The van der Waals surface area contributed by atoms with Crippen molar-refractivity contribution in [1.82, 2.24) is 14.7 Å². The van der Waals surface area contributed by atoms with Crippen molar-refractivity contribution in [2.45, 2.75) is 6.92 Å². The van der Waals surface area contributed by atoms with Gasteiger partial charge in [0, 0.05) is 57.6 Å². The number of hydrogen-bond acceptors (Lipinski definition) is 5. The molecule has 1 aliphatic rings.